The SMILES string of the molecule is CCc1c[c]c2c3c(C(N)=O)cccc3n(Cc3ccccc3-c3ccccc3)c2c1. The van der Waals surface area contributed by atoms with E-state index in [9.17, 15) is 4.79 Å². The summed E-state index contributed by atoms with van der Waals surface area (Å²) in [5.74, 6) is -0.415. The van der Waals surface area contributed by atoms with Gasteiger partial charge in [-0.25, -0.2) is 0 Å². The molecule has 0 unspecified atom stereocenters. The minimum Gasteiger partial charge on any atom is -0.366 e. The second kappa shape index (κ2) is 7.77. The molecule has 4 aromatic carbocycles. The molecule has 0 saturated carbocycles. The number of fused-ring (bicyclic) bond motifs is 3. The average molecular weight is 404 g/mol. The first-order chi connectivity index (χ1) is 15.2. The Morgan fingerprint density at radius 1 is 0.935 bits per heavy atom. The first-order valence-corrected chi connectivity index (χ1v) is 10.6. The van der Waals surface area contributed by atoms with Crippen molar-refractivity contribution in [3.8, 4) is 11.1 Å². The Kier molecular flexibility index (Phi) is 4.79. The first-order valence-electron chi connectivity index (χ1n) is 10.6. The van der Waals surface area contributed by atoms with Crippen molar-refractivity contribution >= 4 is 27.7 Å². The smallest absolute Gasteiger partial charge is 0.249 e. The Labute approximate surface area is 181 Å². The highest BCUT2D eigenvalue weighted by Crippen LogP contribution is 2.34. The molecular formula is C28H23N2O. The van der Waals surface area contributed by atoms with Crippen LogP contribution in [0.5, 0.6) is 0 Å². The summed E-state index contributed by atoms with van der Waals surface area (Å²) in [6, 6.07) is 32.3. The van der Waals surface area contributed by atoms with Gasteiger partial charge in [-0.15, -0.1) is 0 Å². The Morgan fingerprint density at radius 2 is 1.71 bits per heavy atom. The lowest BCUT2D eigenvalue weighted by Gasteiger charge is -2.13. The van der Waals surface area contributed by atoms with E-state index in [0.29, 0.717) is 12.1 Å². The van der Waals surface area contributed by atoms with Crippen molar-refractivity contribution in [2.75, 3.05) is 0 Å². The van der Waals surface area contributed by atoms with Crippen molar-refractivity contribution in [1.29, 1.82) is 0 Å². The lowest BCUT2D eigenvalue weighted by Crippen LogP contribution is -2.11. The number of hydrogen-bond donors (Lipinski definition) is 1. The molecule has 0 spiro atoms. The van der Waals surface area contributed by atoms with Crippen LogP contribution in [0.2, 0.25) is 0 Å². The fourth-order valence-corrected chi connectivity index (χ4v) is 4.41. The fraction of sp³-hybridized carbons (Fsp3) is 0.107. The van der Waals surface area contributed by atoms with Crippen LogP contribution in [0.4, 0.5) is 0 Å². The van der Waals surface area contributed by atoms with Gasteiger partial charge in [-0.2, -0.15) is 0 Å². The Morgan fingerprint density at radius 3 is 2.48 bits per heavy atom. The zero-order chi connectivity index (χ0) is 21.4. The quantitative estimate of drug-likeness (QED) is 0.386. The van der Waals surface area contributed by atoms with E-state index in [1.165, 1.54) is 22.3 Å². The molecule has 1 aromatic heterocycles. The second-order valence-electron chi connectivity index (χ2n) is 7.79. The van der Waals surface area contributed by atoms with Gasteiger partial charge in [0.25, 0.3) is 0 Å². The number of primary amides is 1. The third-order valence-corrected chi connectivity index (χ3v) is 5.96. The maximum atomic E-state index is 12.2. The van der Waals surface area contributed by atoms with Gasteiger partial charge < -0.3 is 10.3 Å². The average Bonchev–Trinajstić information content (AvgIpc) is 3.13. The number of nitrogens with zero attached hydrogens (tertiary/aromatic N) is 1. The van der Waals surface area contributed by atoms with Gasteiger partial charge in [0.1, 0.15) is 0 Å². The van der Waals surface area contributed by atoms with Crippen LogP contribution in [0.3, 0.4) is 0 Å². The summed E-state index contributed by atoms with van der Waals surface area (Å²) >= 11 is 0. The predicted molar refractivity (Wildman–Crippen MR) is 127 cm³/mol. The van der Waals surface area contributed by atoms with E-state index >= 15 is 0 Å². The van der Waals surface area contributed by atoms with Crippen LogP contribution < -0.4 is 5.73 Å². The van der Waals surface area contributed by atoms with Crippen molar-refractivity contribution in [3.63, 3.8) is 0 Å². The maximum Gasteiger partial charge on any atom is 0.249 e. The van der Waals surface area contributed by atoms with Gasteiger partial charge >= 0.3 is 0 Å². The van der Waals surface area contributed by atoms with E-state index in [1.807, 2.05) is 18.2 Å². The zero-order valence-electron chi connectivity index (χ0n) is 17.4. The monoisotopic (exact) mass is 403 g/mol. The largest absolute Gasteiger partial charge is 0.366 e. The molecule has 0 aliphatic carbocycles. The number of hydrogen-bond acceptors (Lipinski definition) is 1. The summed E-state index contributed by atoms with van der Waals surface area (Å²) in [6.45, 7) is 2.83. The molecule has 5 aromatic rings. The predicted octanol–water partition coefficient (Wildman–Crippen LogP) is 5.97. The van der Waals surface area contributed by atoms with Crippen LogP contribution in [-0.4, -0.2) is 10.5 Å². The molecule has 1 amide bonds. The maximum absolute atomic E-state index is 12.2. The van der Waals surface area contributed by atoms with Gasteiger partial charge in [-0.05, 0) is 52.9 Å². The Balaban J connectivity index is 1.78. The van der Waals surface area contributed by atoms with E-state index in [-0.39, 0.29) is 0 Å². The standard InChI is InChI=1S/C28H23N2O/c1-2-19-15-16-23-26(17-19)30(25-14-8-13-24(27(23)25)28(29)31)18-21-11-6-7-12-22(21)20-9-4-3-5-10-20/h3-15,17H,2,18H2,1H3,(H2,29,31). The van der Waals surface area contributed by atoms with E-state index in [4.69, 9.17) is 5.73 Å². The molecule has 0 aliphatic rings. The molecule has 3 heteroatoms. The third kappa shape index (κ3) is 3.28. The van der Waals surface area contributed by atoms with E-state index in [2.05, 4.69) is 78.2 Å². The summed E-state index contributed by atoms with van der Waals surface area (Å²) in [4.78, 5) is 12.2. The minimum atomic E-state index is -0.415. The summed E-state index contributed by atoms with van der Waals surface area (Å²) in [5.41, 5.74) is 13.2. The summed E-state index contributed by atoms with van der Waals surface area (Å²) in [5, 5.41) is 1.82. The number of aromatic nitrogens is 1. The molecular weight excluding hydrogens is 380 g/mol. The van der Waals surface area contributed by atoms with Gasteiger partial charge in [0.2, 0.25) is 5.91 Å². The lowest BCUT2D eigenvalue weighted by molar-refractivity contribution is 0.100. The van der Waals surface area contributed by atoms with Crippen LogP contribution in [-0.2, 0) is 13.0 Å². The van der Waals surface area contributed by atoms with E-state index < -0.39 is 5.91 Å². The molecule has 0 saturated heterocycles. The second-order valence-corrected chi connectivity index (χ2v) is 7.79. The van der Waals surface area contributed by atoms with Gasteiger partial charge in [-0.3, -0.25) is 4.79 Å². The van der Waals surface area contributed by atoms with Crippen molar-refractivity contribution in [1.82, 2.24) is 4.57 Å². The van der Waals surface area contributed by atoms with Crippen molar-refractivity contribution in [2.24, 2.45) is 5.73 Å². The Bertz CT molecular complexity index is 1410. The van der Waals surface area contributed by atoms with E-state index in [0.717, 1.165) is 28.2 Å². The Hall–Kier alpha value is -3.85. The normalized spacial score (nSPS) is 11.3. The number of rotatable bonds is 5. The molecule has 1 heterocycles. The fourth-order valence-electron chi connectivity index (χ4n) is 4.41. The summed E-state index contributed by atoms with van der Waals surface area (Å²) < 4.78 is 2.29. The summed E-state index contributed by atoms with van der Waals surface area (Å²) in [6.07, 6.45) is 0.928. The highest BCUT2D eigenvalue weighted by Gasteiger charge is 2.18. The lowest BCUT2D eigenvalue weighted by atomic mass is 9.99. The van der Waals surface area contributed by atoms with Gasteiger partial charge in [-0.1, -0.05) is 73.7 Å². The van der Waals surface area contributed by atoms with Crippen LogP contribution in [0.15, 0.2) is 84.9 Å². The number of benzene rings is 4. The van der Waals surface area contributed by atoms with Crippen LogP contribution in [0.25, 0.3) is 32.9 Å². The zero-order valence-corrected chi connectivity index (χ0v) is 17.4. The molecule has 0 bridgehead atoms. The van der Waals surface area contributed by atoms with Crippen LogP contribution >= 0.6 is 0 Å². The molecule has 3 nitrogen and oxygen atoms in total. The van der Waals surface area contributed by atoms with Gasteiger partial charge in [0.05, 0.1) is 11.0 Å². The van der Waals surface area contributed by atoms with Crippen LogP contribution in [0, 0.1) is 6.07 Å². The number of carbonyl (C=O) groups is 1. The number of amides is 1. The molecule has 2 N–H and O–H groups in total. The van der Waals surface area contributed by atoms with Gasteiger partial charge in [0, 0.05) is 22.9 Å². The van der Waals surface area contributed by atoms with Crippen molar-refractivity contribution < 1.29 is 4.79 Å². The molecule has 151 valence electrons. The van der Waals surface area contributed by atoms with Crippen molar-refractivity contribution in [2.45, 2.75) is 19.9 Å². The highest BCUT2D eigenvalue weighted by atomic mass is 16.1. The molecule has 5 rings (SSSR count). The molecule has 0 atom stereocenters. The van der Waals surface area contributed by atoms with Gasteiger partial charge in [0.15, 0.2) is 0 Å². The number of aryl methyl sites for hydroxylation is 1. The minimum absolute atomic E-state index is 0.415. The number of nitrogens with two attached hydrogens (primary N) is 1. The van der Waals surface area contributed by atoms with Crippen molar-refractivity contribution in [3.05, 3.63) is 108 Å². The number of carbonyl (C=O) groups excluding carboxylic acids is 1. The first kappa shape index (κ1) is 19.1. The highest BCUT2D eigenvalue weighted by molar-refractivity contribution is 6.17. The third-order valence-electron chi connectivity index (χ3n) is 5.96. The van der Waals surface area contributed by atoms with E-state index in [1.54, 1.807) is 6.07 Å². The summed E-state index contributed by atoms with van der Waals surface area (Å²) in [7, 11) is 0. The topological polar surface area (TPSA) is 48.0 Å². The molecule has 31 heavy (non-hydrogen) atoms. The molecule has 0 fully saturated rings. The van der Waals surface area contributed by atoms with Crippen LogP contribution in [0.1, 0.15) is 28.4 Å². The molecule has 0 aliphatic heterocycles. The molecule has 1 radical (unpaired) electrons.